The summed E-state index contributed by atoms with van der Waals surface area (Å²) >= 11 is 0. The first kappa shape index (κ1) is 16.9. The molecule has 2 bridgehead atoms. The normalized spacial score (nSPS) is 26.1. The summed E-state index contributed by atoms with van der Waals surface area (Å²) in [6, 6.07) is 4.24. The average Bonchev–Trinajstić information content (AvgIpc) is 2.83. The van der Waals surface area contributed by atoms with Crippen LogP contribution in [-0.2, 0) is 4.74 Å². The second-order valence-corrected chi connectivity index (χ2v) is 6.40. The van der Waals surface area contributed by atoms with Crippen molar-refractivity contribution in [3.05, 3.63) is 17.7 Å². The van der Waals surface area contributed by atoms with Crippen molar-refractivity contribution in [3.63, 3.8) is 0 Å². The highest BCUT2D eigenvalue weighted by atomic mass is 16.5. The van der Waals surface area contributed by atoms with E-state index in [4.69, 9.17) is 18.9 Å². The molecule has 0 amide bonds. The Morgan fingerprint density at radius 1 is 1.00 bits per heavy atom. The molecule has 0 aromatic heterocycles. The smallest absolute Gasteiger partial charge is 0.338 e. The molecule has 6 heteroatoms. The first-order valence-corrected chi connectivity index (χ1v) is 8.32. The van der Waals surface area contributed by atoms with Crippen molar-refractivity contribution >= 4 is 5.97 Å². The third-order valence-corrected chi connectivity index (χ3v) is 5.27. The van der Waals surface area contributed by atoms with Gasteiger partial charge in [0.25, 0.3) is 0 Å². The molecule has 0 saturated carbocycles. The Labute approximate surface area is 142 Å². The molecule has 0 N–H and O–H groups in total. The predicted molar refractivity (Wildman–Crippen MR) is 89.1 cm³/mol. The number of piperidine rings is 1. The van der Waals surface area contributed by atoms with Crippen LogP contribution >= 0.6 is 0 Å². The van der Waals surface area contributed by atoms with Crippen LogP contribution in [-0.4, -0.2) is 57.4 Å². The number of nitrogens with zero attached hydrogens (tertiary/aromatic N) is 1. The maximum atomic E-state index is 12.6. The van der Waals surface area contributed by atoms with E-state index < -0.39 is 0 Å². The molecule has 3 atom stereocenters. The molecule has 2 aliphatic heterocycles. The zero-order valence-electron chi connectivity index (χ0n) is 14.7. The number of carbonyl (C=O) groups excluding carboxylic acids is 1. The lowest BCUT2D eigenvalue weighted by Crippen LogP contribution is -2.46. The van der Waals surface area contributed by atoms with E-state index in [1.807, 2.05) is 0 Å². The molecular weight excluding hydrogens is 310 g/mol. The number of carbonyl (C=O) groups is 1. The van der Waals surface area contributed by atoms with Gasteiger partial charge in [0.05, 0.1) is 26.9 Å². The highest BCUT2D eigenvalue weighted by Gasteiger charge is 2.42. The van der Waals surface area contributed by atoms with Gasteiger partial charge in [-0.3, -0.25) is 4.90 Å². The molecule has 0 unspecified atom stereocenters. The molecule has 1 aromatic carbocycles. The van der Waals surface area contributed by atoms with E-state index in [1.165, 1.54) is 27.8 Å². The van der Waals surface area contributed by atoms with E-state index in [1.54, 1.807) is 12.1 Å². The first-order valence-electron chi connectivity index (χ1n) is 8.32. The van der Waals surface area contributed by atoms with E-state index in [0.717, 1.165) is 19.3 Å². The largest absolute Gasteiger partial charge is 0.493 e. The van der Waals surface area contributed by atoms with Crippen LogP contribution in [0.25, 0.3) is 0 Å². The fourth-order valence-electron chi connectivity index (χ4n) is 3.93. The molecule has 2 fully saturated rings. The van der Waals surface area contributed by atoms with Gasteiger partial charge in [0.2, 0.25) is 5.75 Å². The monoisotopic (exact) mass is 335 g/mol. The number of ether oxygens (including phenoxy) is 4. The van der Waals surface area contributed by atoms with Gasteiger partial charge < -0.3 is 18.9 Å². The van der Waals surface area contributed by atoms with Gasteiger partial charge in [-0.2, -0.15) is 0 Å². The molecule has 0 radical (unpaired) electrons. The molecule has 2 aliphatic rings. The van der Waals surface area contributed by atoms with Crippen LogP contribution in [0.4, 0.5) is 0 Å². The van der Waals surface area contributed by atoms with Gasteiger partial charge in [-0.05, 0) is 44.9 Å². The number of esters is 1. The van der Waals surface area contributed by atoms with E-state index in [0.29, 0.717) is 34.9 Å². The zero-order valence-corrected chi connectivity index (χ0v) is 14.7. The lowest BCUT2D eigenvalue weighted by Gasteiger charge is -2.36. The molecule has 24 heavy (non-hydrogen) atoms. The number of rotatable bonds is 5. The molecule has 0 aliphatic carbocycles. The van der Waals surface area contributed by atoms with E-state index in [-0.39, 0.29) is 12.1 Å². The maximum Gasteiger partial charge on any atom is 0.338 e. The summed E-state index contributed by atoms with van der Waals surface area (Å²) in [5, 5.41) is 0. The second kappa shape index (κ2) is 6.89. The van der Waals surface area contributed by atoms with Crippen LogP contribution in [0.15, 0.2) is 12.1 Å². The summed E-state index contributed by atoms with van der Waals surface area (Å²) in [7, 11) is 6.72. The first-order chi connectivity index (χ1) is 11.6. The third kappa shape index (κ3) is 2.90. The zero-order chi connectivity index (χ0) is 17.3. The van der Waals surface area contributed by atoms with Gasteiger partial charge in [0, 0.05) is 12.1 Å². The fourth-order valence-corrected chi connectivity index (χ4v) is 3.93. The maximum absolute atomic E-state index is 12.6. The number of fused-ring (bicyclic) bond motifs is 2. The Bertz CT molecular complexity index is 592. The van der Waals surface area contributed by atoms with Crippen molar-refractivity contribution in [1.29, 1.82) is 0 Å². The fraction of sp³-hybridized carbons (Fsp3) is 0.611. The summed E-state index contributed by atoms with van der Waals surface area (Å²) in [6.45, 7) is 0. The van der Waals surface area contributed by atoms with E-state index in [2.05, 4.69) is 11.9 Å². The van der Waals surface area contributed by atoms with E-state index >= 15 is 0 Å². The van der Waals surface area contributed by atoms with Crippen molar-refractivity contribution < 1.29 is 23.7 Å². The van der Waals surface area contributed by atoms with Crippen LogP contribution in [0.1, 0.15) is 36.0 Å². The third-order valence-electron chi connectivity index (χ3n) is 5.27. The summed E-state index contributed by atoms with van der Waals surface area (Å²) < 4.78 is 21.7. The molecular formula is C18H25NO5. The van der Waals surface area contributed by atoms with Gasteiger partial charge in [-0.25, -0.2) is 4.79 Å². The summed E-state index contributed by atoms with van der Waals surface area (Å²) in [5.74, 6) is 1.02. The Hall–Kier alpha value is -1.95. The van der Waals surface area contributed by atoms with Gasteiger partial charge in [-0.1, -0.05) is 0 Å². The molecule has 2 heterocycles. The van der Waals surface area contributed by atoms with Gasteiger partial charge in [0.15, 0.2) is 11.5 Å². The Morgan fingerprint density at radius 3 is 2.21 bits per heavy atom. The van der Waals surface area contributed by atoms with Crippen molar-refractivity contribution in [1.82, 2.24) is 4.90 Å². The number of methoxy groups -OCH3 is 3. The molecule has 132 valence electrons. The van der Waals surface area contributed by atoms with Crippen LogP contribution in [0.2, 0.25) is 0 Å². The molecule has 6 nitrogen and oxygen atoms in total. The van der Waals surface area contributed by atoms with Crippen molar-refractivity contribution in [2.75, 3.05) is 28.4 Å². The van der Waals surface area contributed by atoms with Crippen LogP contribution in [0, 0.1) is 0 Å². The minimum absolute atomic E-state index is 0.0552. The molecule has 1 aromatic rings. The quantitative estimate of drug-likeness (QED) is 0.771. The molecule has 0 spiro atoms. The molecule has 3 rings (SSSR count). The number of hydrogen-bond donors (Lipinski definition) is 0. The topological polar surface area (TPSA) is 57.2 Å². The van der Waals surface area contributed by atoms with Crippen LogP contribution in [0.5, 0.6) is 17.2 Å². The van der Waals surface area contributed by atoms with Crippen LogP contribution in [0.3, 0.4) is 0 Å². The SMILES string of the molecule is COc1cc(C(=O)O[C@@H]2CC[C@H]3CC[C@H]2N3C)cc(OC)c1OC. The second-order valence-electron chi connectivity index (χ2n) is 6.40. The standard InChI is InChI=1S/C18H25NO5/c1-19-12-5-7-13(19)14(8-6-12)24-18(20)11-9-15(21-2)17(23-4)16(10-11)22-3/h9-10,12-14H,5-8H2,1-4H3/t12-,13-,14-/m1/s1. The van der Waals surface area contributed by atoms with Crippen molar-refractivity contribution in [2.45, 2.75) is 43.9 Å². The minimum Gasteiger partial charge on any atom is -0.493 e. The predicted octanol–water partition coefficient (Wildman–Crippen LogP) is 2.49. The summed E-state index contributed by atoms with van der Waals surface area (Å²) in [4.78, 5) is 15.0. The highest BCUT2D eigenvalue weighted by molar-refractivity contribution is 5.91. The number of benzene rings is 1. The lowest BCUT2D eigenvalue weighted by molar-refractivity contribution is -0.0130. The van der Waals surface area contributed by atoms with Crippen molar-refractivity contribution in [2.24, 2.45) is 0 Å². The number of hydrogen-bond acceptors (Lipinski definition) is 6. The van der Waals surface area contributed by atoms with E-state index in [9.17, 15) is 4.79 Å². The van der Waals surface area contributed by atoms with Gasteiger partial charge in [-0.15, -0.1) is 0 Å². The Morgan fingerprint density at radius 2 is 1.62 bits per heavy atom. The highest BCUT2D eigenvalue weighted by Crippen LogP contribution is 2.39. The van der Waals surface area contributed by atoms with Gasteiger partial charge in [0.1, 0.15) is 6.10 Å². The van der Waals surface area contributed by atoms with Crippen molar-refractivity contribution in [3.8, 4) is 17.2 Å². The molecule has 2 saturated heterocycles. The number of likely N-dealkylation sites (N-methyl/N-ethyl adjacent to an activating group) is 1. The Balaban J connectivity index is 1.80. The average molecular weight is 335 g/mol. The lowest BCUT2D eigenvalue weighted by atomic mass is 10.0. The van der Waals surface area contributed by atoms with Gasteiger partial charge >= 0.3 is 5.97 Å². The van der Waals surface area contributed by atoms with Crippen LogP contribution < -0.4 is 14.2 Å². The summed E-state index contributed by atoms with van der Waals surface area (Å²) in [6.07, 6.45) is 4.24. The summed E-state index contributed by atoms with van der Waals surface area (Å²) in [5.41, 5.74) is 0.410. The Kier molecular flexibility index (Phi) is 4.85. The minimum atomic E-state index is -0.349.